The summed E-state index contributed by atoms with van der Waals surface area (Å²) in [6, 6.07) is 0. The number of aliphatic imine (C=N–C) groups is 1. The maximum Gasteiger partial charge on any atom is 0.193 e. The van der Waals surface area contributed by atoms with Gasteiger partial charge in [-0.3, -0.25) is 4.99 Å². The first-order chi connectivity index (χ1) is 13.3. The van der Waals surface area contributed by atoms with E-state index in [4.69, 9.17) is 19.2 Å². The number of rotatable bonds is 11. The van der Waals surface area contributed by atoms with Crippen LogP contribution in [0.1, 0.15) is 65.2 Å². The summed E-state index contributed by atoms with van der Waals surface area (Å²) in [6.45, 7) is 11.4. The minimum Gasteiger partial charge on any atom is -0.381 e. The summed E-state index contributed by atoms with van der Waals surface area (Å²) in [5, 5.41) is 3.44. The van der Waals surface area contributed by atoms with Gasteiger partial charge >= 0.3 is 0 Å². The molecule has 0 amide bonds. The highest BCUT2D eigenvalue weighted by atomic mass is 127. The number of ether oxygens (including phenoxy) is 3. The van der Waals surface area contributed by atoms with Crippen molar-refractivity contribution < 1.29 is 14.2 Å². The highest BCUT2D eigenvalue weighted by Gasteiger charge is 2.23. The van der Waals surface area contributed by atoms with Crippen LogP contribution in [0.15, 0.2) is 4.99 Å². The predicted molar refractivity (Wildman–Crippen MR) is 126 cm³/mol. The summed E-state index contributed by atoms with van der Waals surface area (Å²) >= 11 is 0. The summed E-state index contributed by atoms with van der Waals surface area (Å²) in [5.74, 6) is 1.04. The Hall–Kier alpha value is -0.120. The van der Waals surface area contributed by atoms with E-state index in [9.17, 15) is 0 Å². The molecule has 28 heavy (non-hydrogen) atoms. The molecule has 0 bridgehead atoms. The third-order valence-electron chi connectivity index (χ3n) is 5.22. The Morgan fingerprint density at radius 1 is 1.11 bits per heavy atom. The number of guanidine groups is 1. The van der Waals surface area contributed by atoms with E-state index in [0.717, 1.165) is 90.7 Å². The molecule has 0 aromatic heterocycles. The van der Waals surface area contributed by atoms with Gasteiger partial charge in [0.05, 0.1) is 18.8 Å². The molecule has 2 aliphatic heterocycles. The molecule has 166 valence electrons. The first-order valence-corrected chi connectivity index (χ1v) is 11.2. The molecule has 1 N–H and O–H groups in total. The quantitative estimate of drug-likeness (QED) is 0.198. The summed E-state index contributed by atoms with van der Waals surface area (Å²) in [5.41, 5.74) is 0. The van der Waals surface area contributed by atoms with Crippen LogP contribution in [-0.2, 0) is 14.2 Å². The van der Waals surface area contributed by atoms with Crippen molar-refractivity contribution in [3.8, 4) is 0 Å². The lowest BCUT2D eigenvalue weighted by Gasteiger charge is -2.35. The standard InChI is InChI=1S/C21H41N3O3.HI/c1-3-5-15-25-16-8-12-23-21(22-4-2)24-13-10-19(11-14-24)27-18-20-9-6-7-17-26-20;/h19-20H,3-18H2,1-2H3,(H,22,23);1H. The van der Waals surface area contributed by atoms with E-state index in [1.165, 1.54) is 19.3 Å². The Morgan fingerprint density at radius 2 is 1.89 bits per heavy atom. The van der Waals surface area contributed by atoms with Gasteiger partial charge in [0.1, 0.15) is 0 Å². The van der Waals surface area contributed by atoms with Crippen molar-refractivity contribution in [2.45, 2.75) is 77.4 Å². The fraction of sp³-hybridized carbons (Fsp3) is 0.952. The Morgan fingerprint density at radius 3 is 2.57 bits per heavy atom. The second kappa shape index (κ2) is 16.7. The molecule has 2 fully saturated rings. The largest absolute Gasteiger partial charge is 0.381 e. The molecule has 2 saturated heterocycles. The number of hydrogen-bond acceptors (Lipinski definition) is 4. The predicted octanol–water partition coefficient (Wildman–Crippen LogP) is 3.83. The van der Waals surface area contributed by atoms with Gasteiger partial charge in [0.25, 0.3) is 0 Å². The van der Waals surface area contributed by atoms with Crippen molar-refractivity contribution in [2.75, 3.05) is 52.6 Å². The molecule has 7 heteroatoms. The van der Waals surface area contributed by atoms with Crippen LogP contribution in [0, 0.1) is 0 Å². The molecule has 1 atom stereocenters. The molecule has 0 radical (unpaired) electrons. The van der Waals surface area contributed by atoms with Gasteiger partial charge in [0.15, 0.2) is 5.96 Å². The number of hydrogen-bond donors (Lipinski definition) is 1. The molecule has 0 aromatic carbocycles. The van der Waals surface area contributed by atoms with Crippen molar-refractivity contribution in [1.29, 1.82) is 0 Å². The zero-order valence-corrected chi connectivity index (χ0v) is 20.3. The average molecular weight is 511 g/mol. The topological polar surface area (TPSA) is 55.3 Å². The van der Waals surface area contributed by atoms with Crippen LogP contribution in [0.5, 0.6) is 0 Å². The van der Waals surface area contributed by atoms with Crippen molar-refractivity contribution in [3.63, 3.8) is 0 Å². The monoisotopic (exact) mass is 511 g/mol. The summed E-state index contributed by atoms with van der Waals surface area (Å²) in [4.78, 5) is 7.16. The van der Waals surface area contributed by atoms with E-state index in [-0.39, 0.29) is 24.0 Å². The molecular weight excluding hydrogens is 469 g/mol. The van der Waals surface area contributed by atoms with Gasteiger partial charge in [-0.15, -0.1) is 24.0 Å². The first-order valence-electron chi connectivity index (χ1n) is 11.2. The normalized spacial score (nSPS) is 21.4. The fourth-order valence-corrected chi connectivity index (χ4v) is 3.54. The molecule has 0 spiro atoms. The first kappa shape index (κ1) is 25.9. The highest BCUT2D eigenvalue weighted by molar-refractivity contribution is 14.0. The van der Waals surface area contributed by atoms with Crippen LogP contribution in [0.3, 0.4) is 0 Å². The van der Waals surface area contributed by atoms with E-state index in [2.05, 4.69) is 24.1 Å². The van der Waals surface area contributed by atoms with E-state index in [1.807, 2.05) is 0 Å². The maximum absolute atomic E-state index is 6.13. The molecular formula is C21H42IN3O3. The van der Waals surface area contributed by atoms with Crippen LogP contribution in [0.25, 0.3) is 0 Å². The number of nitrogens with zero attached hydrogens (tertiary/aromatic N) is 2. The average Bonchev–Trinajstić information content (AvgIpc) is 2.72. The molecule has 0 aromatic rings. The summed E-state index contributed by atoms with van der Waals surface area (Å²) < 4.78 is 17.5. The van der Waals surface area contributed by atoms with Gasteiger partial charge < -0.3 is 24.4 Å². The van der Waals surface area contributed by atoms with Crippen molar-refractivity contribution in [1.82, 2.24) is 10.2 Å². The SMILES string of the molecule is CCCCOCCCN=C(NCC)N1CCC(OCC2CCCCO2)CC1.I. The van der Waals surface area contributed by atoms with Gasteiger partial charge in [0, 0.05) is 46.0 Å². The number of halogens is 1. The van der Waals surface area contributed by atoms with Crippen LogP contribution in [0.2, 0.25) is 0 Å². The lowest BCUT2D eigenvalue weighted by Crippen LogP contribution is -2.47. The Bertz CT molecular complexity index is 398. The molecule has 2 aliphatic rings. The van der Waals surface area contributed by atoms with E-state index >= 15 is 0 Å². The van der Waals surface area contributed by atoms with Crippen molar-refractivity contribution in [2.24, 2.45) is 4.99 Å². The number of likely N-dealkylation sites (tertiary alicyclic amines) is 1. The molecule has 0 aliphatic carbocycles. The van der Waals surface area contributed by atoms with Gasteiger partial charge in [0.2, 0.25) is 0 Å². The molecule has 1 unspecified atom stereocenters. The minimum absolute atomic E-state index is 0. The number of piperidine rings is 1. The number of unbranched alkanes of at least 4 members (excludes halogenated alkanes) is 1. The van der Waals surface area contributed by atoms with E-state index < -0.39 is 0 Å². The second-order valence-corrected chi connectivity index (χ2v) is 7.56. The van der Waals surface area contributed by atoms with Gasteiger partial charge in [-0.2, -0.15) is 0 Å². The third kappa shape index (κ3) is 10.6. The fourth-order valence-electron chi connectivity index (χ4n) is 3.54. The Balaban J connectivity index is 0.00000392. The summed E-state index contributed by atoms with van der Waals surface area (Å²) in [7, 11) is 0. The van der Waals surface area contributed by atoms with E-state index in [0.29, 0.717) is 12.2 Å². The van der Waals surface area contributed by atoms with Crippen molar-refractivity contribution in [3.05, 3.63) is 0 Å². The Kier molecular flexibility index (Phi) is 15.4. The lowest BCUT2D eigenvalue weighted by molar-refractivity contribution is -0.0721. The molecule has 2 rings (SSSR count). The Labute approximate surface area is 189 Å². The van der Waals surface area contributed by atoms with Gasteiger partial charge in [-0.25, -0.2) is 0 Å². The smallest absolute Gasteiger partial charge is 0.193 e. The summed E-state index contributed by atoms with van der Waals surface area (Å²) in [6.07, 6.45) is 9.76. The van der Waals surface area contributed by atoms with Crippen molar-refractivity contribution >= 4 is 29.9 Å². The van der Waals surface area contributed by atoms with Crippen LogP contribution in [0.4, 0.5) is 0 Å². The molecule has 2 heterocycles. The van der Waals surface area contributed by atoms with E-state index in [1.54, 1.807) is 0 Å². The third-order valence-corrected chi connectivity index (χ3v) is 5.22. The van der Waals surface area contributed by atoms with Crippen LogP contribution >= 0.6 is 24.0 Å². The minimum atomic E-state index is 0. The van der Waals surface area contributed by atoms with Crippen LogP contribution < -0.4 is 5.32 Å². The van der Waals surface area contributed by atoms with Gasteiger partial charge in [-0.05, 0) is 51.9 Å². The van der Waals surface area contributed by atoms with Gasteiger partial charge in [-0.1, -0.05) is 13.3 Å². The molecule has 6 nitrogen and oxygen atoms in total. The zero-order chi connectivity index (χ0) is 19.2. The number of nitrogens with one attached hydrogen (secondary N) is 1. The highest BCUT2D eigenvalue weighted by Crippen LogP contribution is 2.18. The molecule has 0 saturated carbocycles. The zero-order valence-electron chi connectivity index (χ0n) is 18.0. The second-order valence-electron chi connectivity index (χ2n) is 7.56. The maximum atomic E-state index is 6.13. The van der Waals surface area contributed by atoms with Crippen LogP contribution in [-0.4, -0.2) is 75.7 Å². The lowest BCUT2D eigenvalue weighted by atomic mass is 10.1.